The number of carbonyl (C=O) groups excluding carboxylic acids is 2. The number of carboxylic acids is 3. The van der Waals surface area contributed by atoms with Crippen molar-refractivity contribution >= 4 is 42.4 Å². The van der Waals surface area contributed by atoms with Crippen LogP contribution in [0, 0.1) is 0 Å². The molecule has 0 saturated heterocycles. The van der Waals surface area contributed by atoms with E-state index in [9.17, 15) is 34.2 Å². The third-order valence-electron chi connectivity index (χ3n) is 3.90. The molecule has 172 valence electrons. The number of carboxylic acid groups (broad SMARTS) is 3. The summed E-state index contributed by atoms with van der Waals surface area (Å²) in [5, 5.41) is 31.6. The van der Waals surface area contributed by atoms with Crippen molar-refractivity contribution in [2.45, 2.75) is 37.4 Å². The first-order valence-electron chi connectivity index (χ1n) is 8.98. The molecule has 2 amide bonds. The van der Waals surface area contributed by atoms with Crippen LogP contribution >= 0.6 is 12.6 Å². The highest BCUT2D eigenvalue weighted by Crippen LogP contribution is 2.02. The lowest BCUT2D eigenvalue weighted by molar-refractivity contribution is -0.143. The number of amides is 2. The van der Waals surface area contributed by atoms with E-state index in [1.54, 1.807) is 0 Å². The second kappa shape index (κ2) is 13.2. The number of aromatic nitrogens is 2. The molecule has 1 heterocycles. The summed E-state index contributed by atoms with van der Waals surface area (Å²) >= 11 is 3.92. The number of imidazole rings is 1. The van der Waals surface area contributed by atoms with Crippen LogP contribution in [0.1, 0.15) is 18.5 Å². The third-order valence-corrected chi connectivity index (χ3v) is 4.27. The first-order chi connectivity index (χ1) is 14.6. The van der Waals surface area contributed by atoms with E-state index in [0.717, 1.165) is 0 Å². The van der Waals surface area contributed by atoms with Crippen molar-refractivity contribution in [3.63, 3.8) is 0 Å². The maximum absolute atomic E-state index is 12.1. The molecule has 3 atom stereocenters. The molecule has 0 bridgehead atoms. The Labute approximate surface area is 181 Å². The van der Waals surface area contributed by atoms with Crippen LogP contribution in [0.3, 0.4) is 0 Å². The Morgan fingerprint density at radius 3 is 2.19 bits per heavy atom. The van der Waals surface area contributed by atoms with Crippen LogP contribution in [0.4, 0.5) is 0 Å². The zero-order chi connectivity index (χ0) is 23.4. The summed E-state index contributed by atoms with van der Waals surface area (Å²) in [5.74, 6) is -5.33. The fourth-order valence-corrected chi connectivity index (χ4v) is 2.55. The van der Waals surface area contributed by atoms with Gasteiger partial charge in [0.1, 0.15) is 24.7 Å². The summed E-state index contributed by atoms with van der Waals surface area (Å²) in [6.45, 7) is -0.626. The van der Waals surface area contributed by atoms with E-state index < -0.39 is 54.4 Å². The molecule has 0 unspecified atom stereocenters. The van der Waals surface area contributed by atoms with E-state index in [2.05, 4.69) is 44.1 Å². The predicted octanol–water partition coefficient (Wildman–Crippen LogP) is -2.65. The van der Waals surface area contributed by atoms with Gasteiger partial charge in [-0.1, -0.05) is 0 Å². The van der Waals surface area contributed by atoms with Crippen molar-refractivity contribution < 1.29 is 39.3 Å². The lowest BCUT2D eigenvalue weighted by Gasteiger charge is -2.20. The third kappa shape index (κ3) is 9.92. The standard InChI is InChI=1S/C16H24N6O8S/c23-12(20-11(6-31)14(26)18-5-13(24)25)2-1-9(15(27)28)21-22-10(16(29)30)3-8-4-17-7-19-8/h4,7,9-11,21-22,31H,1-3,5-6H2,(H,17,19)(H,18,26)(H,20,23)(H,24,25)(H,27,28)(H,29,30)/t9-,10-,11-/m0/s1. The minimum absolute atomic E-state index is 0.0201. The molecule has 0 saturated carbocycles. The second-order valence-corrected chi connectivity index (χ2v) is 6.65. The fraction of sp³-hybridized carbons (Fsp3) is 0.500. The summed E-state index contributed by atoms with van der Waals surface area (Å²) in [4.78, 5) is 63.7. The lowest BCUT2D eigenvalue weighted by Crippen LogP contribution is -2.53. The van der Waals surface area contributed by atoms with Crippen LogP contribution < -0.4 is 21.5 Å². The normalized spacial score (nSPS) is 13.6. The predicted molar refractivity (Wildman–Crippen MR) is 107 cm³/mol. The molecule has 1 aromatic rings. The molecule has 1 aromatic heterocycles. The molecule has 1 rings (SSSR count). The smallest absolute Gasteiger partial charge is 0.322 e. The molecule has 15 heteroatoms. The number of rotatable bonds is 15. The number of aliphatic carboxylic acids is 3. The van der Waals surface area contributed by atoms with E-state index in [0.29, 0.717) is 5.69 Å². The largest absolute Gasteiger partial charge is 0.480 e. The van der Waals surface area contributed by atoms with Crippen LogP contribution in [0.5, 0.6) is 0 Å². The van der Waals surface area contributed by atoms with Crippen LogP contribution in [0.25, 0.3) is 0 Å². The minimum Gasteiger partial charge on any atom is -0.480 e. The molecule has 8 N–H and O–H groups in total. The molecule has 0 aliphatic heterocycles. The molecule has 0 aliphatic rings. The summed E-state index contributed by atoms with van der Waals surface area (Å²) in [6.07, 6.45) is 2.33. The van der Waals surface area contributed by atoms with E-state index in [4.69, 9.17) is 5.11 Å². The SMILES string of the molecule is O=C(O)CNC(=O)[C@H](CS)NC(=O)CC[C@H](NN[C@@H](Cc1c[nH]cn1)C(=O)O)C(=O)O. The molecule has 0 spiro atoms. The Bertz CT molecular complexity index is 774. The minimum atomic E-state index is -1.32. The molecule has 0 radical (unpaired) electrons. The van der Waals surface area contributed by atoms with Gasteiger partial charge in [0.25, 0.3) is 0 Å². The Hall–Kier alpha value is -3.17. The van der Waals surface area contributed by atoms with Gasteiger partial charge in [0.05, 0.1) is 12.0 Å². The number of hydrazine groups is 1. The van der Waals surface area contributed by atoms with Gasteiger partial charge >= 0.3 is 17.9 Å². The van der Waals surface area contributed by atoms with Gasteiger partial charge in [-0.3, -0.25) is 24.0 Å². The topological polar surface area (TPSA) is 223 Å². The van der Waals surface area contributed by atoms with Gasteiger partial charge in [-0.05, 0) is 6.42 Å². The molecule has 0 aliphatic carbocycles. The molecule has 0 fully saturated rings. The van der Waals surface area contributed by atoms with Gasteiger partial charge in [0.15, 0.2) is 0 Å². The maximum Gasteiger partial charge on any atom is 0.322 e. The van der Waals surface area contributed by atoms with E-state index in [-0.39, 0.29) is 25.0 Å². The first kappa shape index (κ1) is 25.9. The Balaban J connectivity index is 2.55. The van der Waals surface area contributed by atoms with Crippen molar-refractivity contribution in [1.29, 1.82) is 0 Å². The van der Waals surface area contributed by atoms with Crippen LogP contribution in [-0.2, 0) is 30.4 Å². The average Bonchev–Trinajstić information content (AvgIpc) is 3.21. The number of hydrogen-bond donors (Lipinski definition) is 9. The maximum atomic E-state index is 12.1. The monoisotopic (exact) mass is 460 g/mol. The van der Waals surface area contributed by atoms with Crippen molar-refractivity contribution in [3.05, 3.63) is 18.2 Å². The molecule has 14 nitrogen and oxygen atoms in total. The van der Waals surface area contributed by atoms with Gasteiger partial charge in [0.2, 0.25) is 11.8 Å². The zero-order valence-corrected chi connectivity index (χ0v) is 17.1. The number of H-pyrrole nitrogens is 1. The van der Waals surface area contributed by atoms with Crippen molar-refractivity contribution in [2.24, 2.45) is 0 Å². The number of nitrogens with zero attached hydrogens (tertiary/aromatic N) is 1. The summed E-state index contributed by atoms with van der Waals surface area (Å²) < 4.78 is 0. The summed E-state index contributed by atoms with van der Waals surface area (Å²) in [7, 11) is 0. The number of thiol groups is 1. The highest BCUT2D eigenvalue weighted by molar-refractivity contribution is 7.80. The molecule has 31 heavy (non-hydrogen) atoms. The van der Waals surface area contributed by atoms with Gasteiger partial charge in [-0.2, -0.15) is 12.6 Å². The van der Waals surface area contributed by atoms with Crippen molar-refractivity contribution in [1.82, 2.24) is 31.5 Å². The van der Waals surface area contributed by atoms with Crippen molar-refractivity contribution in [3.8, 4) is 0 Å². The average molecular weight is 460 g/mol. The number of aromatic amines is 1. The first-order valence-corrected chi connectivity index (χ1v) is 9.61. The number of hydrogen-bond acceptors (Lipinski definition) is 9. The van der Waals surface area contributed by atoms with E-state index >= 15 is 0 Å². The summed E-state index contributed by atoms with van der Waals surface area (Å²) in [5.41, 5.74) is 5.25. The fourth-order valence-electron chi connectivity index (χ4n) is 2.29. The Morgan fingerprint density at radius 2 is 1.68 bits per heavy atom. The zero-order valence-electron chi connectivity index (χ0n) is 16.2. The van der Waals surface area contributed by atoms with E-state index in [1.165, 1.54) is 12.5 Å². The molecular weight excluding hydrogens is 436 g/mol. The van der Waals surface area contributed by atoms with Crippen molar-refractivity contribution in [2.75, 3.05) is 12.3 Å². The van der Waals surface area contributed by atoms with Gasteiger partial charge in [0, 0.05) is 24.8 Å². The number of carbonyl (C=O) groups is 5. The Morgan fingerprint density at radius 1 is 1.03 bits per heavy atom. The highest BCUT2D eigenvalue weighted by Gasteiger charge is 2.25. The lowest BCUT2D eigenvalue weighted by atomic mass is 10.1. The van der Waals surface area contributed by atoms with Gasteiger partial charge in [-0.15, -0.1) is 0 Å². The van der Waals surface area contributed by atoms with E-state index in [1.807, 2.05) is 0 Å². The second-order valence-electron chi connectivity index (χ2n) is 6.29. The van der Waals surface area contributed by atoms with Crippen LogP contribution in [0.15, 0.2) is 12.5 Å². The van der Waals surface area contributed by atoms with Gasteiger partial charge in [-0.25, -0.2) is 15.8 Å². The number of nitrogens with one attached hydrogen (secondary N) is 5. The Kier molecular flexibility index (Phi) is 11.0. The molecular formula is C16H24N6O8S. The summed E-state index contributed by atoms with van der Waals surface area (Å²) in [6, 6.07) is -3.58. The van der Waals surface area contributed by atoms with Gasteiger partial charge < -0.3 is 30.9 Å². The highest BCUT2D eigenvalue weighted by atomic mass is 32.1. The quantitative estimate of drug-likeness (QED) is 0.0970. The van der Waals surface area contributed by atoms with Crippen LogP contribution in [-0.4, -0.2) is 85.4 Å². The van der Waals surface area contributed by atoms with Crippen LogP contribution in [0.2, 0.25) is 0 Å². The molecule has 0 aromatic carbocycles.